The number of rotatable bonds is 2. The first-order valence-corrected chi connectivity index (χ1v) is 8.67. The van der Waals surface area contributed by atoms with Crippen molar-refractivity contribution in [1.82, 2.24) is 9.80 Å². The number of carbonyl (C=O) groups excluding carboxylic acids is 1. The van der Waals surface area contributed by atoms with Crippen LogP contribution in [0.25, 0.3) is 10.8 Å². The fraction of sp³-hybridized carbons (Fsp3) is 0.450. The van der Waals surface area contributed by atoms with Crippen molar-refractivity contribution >= 4 is 16.7 Å². The van der Waals surface area contributed by atoms with Gasteiger partial charge in [-0.05, 0) is 48.6 Å². The second-order valence-electron chi connectivity index (χ2n) is 7.02. The molecule has 0 unspecified atom stereocenters. The van der Waals surface area contributed by atoms with Gasteiger partial charge >= 0.3 is 0 Å². The molecule has 2 saturated heterocycles. The van der Waals surface area contributed by atoms with Crippen molar-refractivity contribution in [3.8, 4) is 0 Å². The van der Waals surface area contributed by atoms with Gasteiger partial charge in [-0.15, -0.1) is 0 Å². The molecular formula is C20H24N2O. The van der Waals surface area contributed by atoms with E-state index in [2.05, 4.69) is 60.0 Å². The highest BCUT2D eigenvalue weighted by Crippen LogP contribution is 2.29. The SMILES string of the molecule is Cc1ccc2ccccc2c1CN1C[C@@H]2CCCN2C(=O)[C@@H]1C. The van der Waals surface area contributed by atoms with E-state index >= 15 is 0 Å². The zero-order valence-electron chi connectivity index (χ0n) is 14.0. The zero-order valence-corrected chi connectivity index (χ0v) is 14.0. The maximum Gasteiger partial charge on any atom is 0.239 e. The molecular weight excluding hydrogens is 284 g/mol. The van der Waals surface area contributed by atoms with E-state index in [1.54, 1.807) is 0 Å². The van der Waals surface area contributed by atoms with Gasteiger partial charge in [0.15, 0.2) is 0 Å². The largest absolute Gasteiger partial charge is 0.337 e. The summed E-state index contributed by atoms with van der Waals surface area (Å²) < 4.78 is 0. The fourth-order valence-corrected chi connectivity index (χ4v) is 4.20. The first kappa shape index (κ1) is 14.7. The van der Waals surface area contributed by atoms with E-state index in [-0.39, 0.29) is 6.04 Å². The highest BCUT2D eigenvalue weighted by atomic mass is 16.2. The van der Waals surface area contributed by atoms with E-state index in [4.69, 9.17) is 0 Å². The minimum absolute atomic E-state index is 0.0114. The summed E-state index contributed by atoms with van der Waals surface area (Å²) in [5.74, 6) is 0.316. The van der Waals surface area contributed by atoms with Gasteiger partial charge in [0.05, 0.1) is 6.04 Å². The summed E-state index contributed by atoms with van der Waals surface area (Å²) in [6.45, 7) is 7.08. The van der Waals surface area contributed by atoms with E-state index in [0.29, 0.717) is 11.9 Å². The van der Waals surface area contributed by atoms with E-state index < -0.39 is 0 Å². The number of nitrogens with zero attached hydrogens (tertiary/aromatic N) is 2. The van der Waals surface area contributed by atoms with Crippen LogP contribution in [0.2, 0.25) is 0 Å². The molecule has 0 aliphatic carbocycles. The fourth-order valence-electron chi connectivity index (χ4n) is 4.20. The van der Waals surface area contributed by atoms with E-state index in [1.165, 1.54) is 21.9 Å². The molecule has 3 nitrogen and oxygen atoms in total. The normalized spacial score (nSPS) is 25.1. The lowest BCUT2D eigenvalue weighted by atomic mass is 9.97. The van der Waals surface area contributed by atoms with Gasteiger partial charge in [0, 0.05) is 25.7 Å². The molecule has 2 aromatic rings. The Morgan fingerprint density at radius 2 is 2.00 bits per heavy atom. The minimum Gasteiger partial charge on any atom is -0.337 e. The van der Waals surface area contributed by atoms with E-state index in [0.717, 1.165) is 32.5 Å². The molecule has 0 N–H and O–H groups in total. The van der Waals surface area contributed by atoms with Gasteiger partial charge in [0.2, 0.25) is 5.91 Å². The van der Waals surface area contributed by atoms with Gasteiger partial charge in [0.25, 0.3) is 0 Å². The summed E-state index contributed by atoms with van der Waals surface area (Å²) in [6.07, 6.45) is 2.31. The average Bonchev–Trinajstić information content (AvgIpc) is 3.03. The summed E-state index contributed by atoms with van der Waals surface area (Å²) in [5.41, 5.74) is 2.69. The Hall–Kier alpha value is -1.87. The molecule has 0 bridgehead atoms. The Morgan fingerprint density at radius 3 is 2.87 bits per heavy atom. The lowest BCUT2D eigenvalue weighted by molar-refractivity contribution is -0.143. The van der Waals surface area contributed by atoms with E-state index in [9.17, 15) is 4.79 Å². The van der Waals surface area contributed by atoms with Gasteiger partial charge in [-0.25, -0.2) is 0 Å². The van der Waals surface area contributed by atoms with Gasteiger partial charge < -0.3 is 4.90 Å². The second-order valence-corrected chi connectivity index (χ2v) is 7.02. The highest BCUT2D eigenvalue weighted by molar-refractivity contribution is 5.87. The van der Waals surface area contributed by atoms with Crippen molar-refractivity contribution in [2.45, 2.75) is 45.3 Å². The number of benzene rings is 2. The molecule has 0 aromatic heterocycles. The van der Waals surface area contributed by atoms with E-state index in [1.807, 2.05) is 0 Å². The Morgan fingerprint density at radius 1 is 1.17 bits per heavy atom. The molecule has 2 aliphatic heterocycles. The van der Waals surface area contributed by atoms with Crippen molar-refractivity contribution in [3.05, 3.63) is 47.5 Å². The first-order chi connectivity index (χ1) is 11.1. The van der Waals surface area contributed by atoms with Crippen molar-refractivity contribution < 1.29 is 4.79 Å². The van der Waals surface area contributed by atoms with Crippen molar-refractivity contribution in [2.24, 2.45) is 0 Å². The predicted molar refractivity (Wildman–Crippen MR) is 93.3 cm³/mol. The van der Waals surface area contributed by atoms with Crippen LogP contribution in [-0.4, -0.2) is 40.9 Å². The molecule has 23 heavy (non-hydrogen) atoms. The predicted octanol–water partition coefficient (Wildman–Crippen LogP) is 3.34. The number of piperazine rings is 1. The zero-order chi connectivity index (χ0) is 16.0. The van der Waals surface area contributed by atoms with Crippen molar-refractivity contribution in [3.63, 3.8) is 0 Å². The molecule has 2 aromatic carbocycles. The summed E-state index contributed by atoms with van der Waals surface area (Å²) in [5, 5.41) is 2.60. The van der Waals surface area contributed by atoms with Crippen molar-refractivity contribution in [1.29, 1.82) is 0 Å². The molecule has 0 spiro atoms. The molecule has 3 heteroatoms. The molecule has 2 atom stereocenters. The van der Waals surface area contributed by atoms with Crippen LogP contribution in [0.1, 0.15) is 30.9 Å². The van der Waals surface area contributed by atoms with Gasteiger partial charge in [-0.1, -0.05) is 36.4 Å². The molecule has 0 radical (unpaired) electrons. The number of carbonyl (C=O) groups is 1. The third kappa shape index (κ3) is 2.43. The van der Waals surface area contributed by atoms with Crippen molar-refractivity contribution in [2.75, 3.05) is 13.1 Å². The summed E-state index contributed by atoms with van der Waals surface area (Å²) in [7, 11) is 0. The summed E-state index contributed by atoms with van der Waals surface area (Å²) in [6, 6.07) is 13.4. The number of hydrogen-bond donors (Lipinski definition) is 0. The third-order valence-corrected chi connectivity index (χ3v) is 5.65. The van der Waals surface area contributed by atoms with Crippen LogP contribution in [0.3, 0.4) is 0 Å². The molecule has 1 amide bonds. The monoisotopic (exact) mass is 308 g/mol. The number of aryl methyl sites for hydroxylation is 1. The lowest BCUT2D eigenvalue weighted by Gasteiger charge is -2.41. The Kier molecular flexibility index (Phi) is 3.61. The number of hydrogen-bond acceptors (Lipinski definition) is 2. The minimum atomic E-state index is -0.0114. The quantitative estimate of drug-likeness (QED) is 0.849. The molecule has 2 heterocycles. The topological polar surface area (TPSA) is 23.6 Å². The van der Waals surface area contributed by atoms with Crippen LogP contribution in [0.4, 0.5) is 0 Å². The van der Waals surface area contributed by atoms with Gasteiger partial charge in [-0.2, -0.15) is 0 Å². The maximum atomic E-state index is 12.6. The average molecular weight is 308 g/mol. The van der Waals surface area contributed by atoms with Crippen LogP contribution in [0.5, 0.6) is 0 Å². The maximum absolute atomic E-state index is 12.6. The Balaban J connectivity index is 1.68. The Labute approximate surface area is 137 Å². The van der Waals surface area contributed by atoms with Crippen LogP contribution >= 0.6 is 0 Å². The highest BCUT2D eigenvalue weighted by Gasteiger charge is 2.40. The van der Waals surface area contributed by atoms with Crippen LogP contribution in [0.15, 0.2) is 36.4 Å². The second kappa shape index (κ2) is 5.64. The smallest absolute Gasteiger partial charge is 0.239 e. The number of fused-ring (bicyclic) bond motifs is 2. The van der Waals surface area contributed by atoms with Crippen LogP contribution < -0.4 is 0 Å². The molecule has 120 valence electrons. The molecule has 2 aliphatic rings. The van der Waals surface area contributed by atoms with Crippen LogP contribution in [0, 0.1) is 6.92 Å². The third-order valence-electron chi connectivity index (χ3n) is 5.65. The summed E-state index contributed by atoms with van der Waals surface area (Å²) >= 11 is 0. The standard InChI is InChI=1S/C20H24N2O/c1-14-9-10-16-6-3-4-8-18(16)19(14)13-21-12-17-7-5-11-22(17)20(23)15(21)2/h3-4,6,8-10,15,17H,5,7,11-13H2,1-2H3/t15-,17-/m0/s1. The number of amides is 1. The Bertz CT molecular complexity index is 754. The summed E-state index contributed by atoms with van der Waals surface area (Å²) in [4.78, 5) is 17.1. The molecule has 0 saturated carbocycles. The molecule has 4 rings (SSSR count). The van der Waals surface area contributed by atoms with Gasteiger partial charge in [-0.3, -0.25) is 9.69 Å². The first-order valence-electron chi connectivity index (χ1n) is 8.67. The lowest BCUT2D eigenvalue weighted by Crippen LogP contribution is -2.58. The van der Waals surface area contributed by atoms with Crippen LogP contribution in [-0.2, 0) is 11.3 Å². The molecule has 2 fully saturated rings. The van der Waals surface area contributed by atoms with Gasteiger partial charge in [0.1, 0.15) is 0 Å².